The molecular formula is C12H16INO2. The van der Waals surface area contributed by atoms with Crippen molar-refractivity contribution in [1.29, 1.82) is 0 Å². The van der Waals surface area contributed by atoms with E-state index >= 15 is 0 Å². The van der Waals surface area contributed by atoms with Gasteiger partial charge in [0.1, 0.15) is 6.04 Å². The molecule has 0 fully saturated rings. The molecule has 0 saturated heterocycles. The zero-order valence-corrected chi connectivity index (χ0v) is 11.6. The number of nitrogens with one attached hydrogen (secondary N) is 1. The molecule has 0 aliphatic heterocycles. The number of benzene rings is 1. The zero-order chi connectivity index (χ0) is 12.1. The highest BCUT2D eigenvalue weighted by molar-refractivity contribution is 14.1. The van der Waals surface area contributed by atoms with E-state index in [2.05, 4.69) is 27.9 Å². The third kappa shape index (κ3) is 4.09. The lowest BCUT2D eigenvalue weighted by atomic mass is 10.0. The van der Waals surface area contributed by atoms with Crippen LogP contribution in [-0.2, 0) is 11.3 Å². The molecule has 1 aromatic rings. The minimum absolute atomic E-state index is 0.0846. The third-order valence-corrected chi connectivity index (χ3v) is 3.09. The summed E-state index contributed by atoms with van der Waals surface area (Å²) in [6.07, 6.45) is 0. The van der Waals surface area contributed by atoms with Gasteiger partial charge in [-0.25, -0.2) is 0 Å². The fourth-order valence-electron chi connectivity index (χ4n) is 1.44. The summed E-state index contributed by atoms with van der Waals surface area (Å²) < 4.78 is 1.18. The Labute approximate surface area is 109 Å². The summed E-state index contributed by atoms with van der Waals surface area (Å²) >= 11 is 2.25. The first-order valence-corrected chi connectivity index (χ1v) is 6.29. The van der Waals surface area contributed by atoms with E-state index < -0.39 is 12.0 Å². The van der Waals surface area contributed by atoms with Gasteiger partial charge in [-0.05, 0) is 46.2 Å². The summed E-state index contributed by atoms with van der Waals surface area (Å²) in [5.41, 5.74) is 1.10. The lowest BCUT2D eigenvalue weighted by molar-refractivity contribution is -0.140. The molecule has 0 aliphatic carbocycles. The van der Waals surface area contributed by atoms with Gasteiger partial charge < -0.3 is 10.4 Å². The molecule has 1 atom stereocenters. The number of carboxylic acid groups (broad SMARTS) is 1. The van der Waals surface area contributed by atoms with Crippen LogP contribution in [0.1, 0.15) is 19.4 Å². The van der Waals surface area contributed by atoms with Gasteiger partial charge in [0.05, 0.1) is 0 Å². The average molecular weight is 333 g/mol. The van der Waals surface area contributed by atoms with Gasteiger partial charge in [0.25, 0.3) is 0 Å². The highest BCUT2D eigenvalue weighted by Gasteiger charge is 2.20. The molecular weight excluding hydrogens is 317 g/mol. The van der Waals surface area contributed by atoms with Gasteiger partial charge in [-0.15, -0.1) is 0 Å². The summed E-state index contributed by atoms with van der Waals surface area (Å²) in [7, 11) is 0. The van der Waals surface area contributed by atoms with Crippen LogP contribution in [0.15, 0.2) is 24.3 Å². The number of rotatable bonds is 5. The predicted molar refractivity (Wildman–Crippen MR) is 72.3 cm³/mol. The molecule has 0 aromatic heterocycles. The summed E-state index contributed by atoms with van der Waals surface area (Å²) in [6.45, 7) is 4.39. The summed E-state index contributed by atoms with van der Waals surface area (Å²) in [5.74, 6) is -0.707. The Bertz CT molecular complexity index is 349. The Morgan fingerprint density at radius 1 is 1.38 bits per heavy atom. The number of halogens is 1. The predicted octanol–water partition coefficient (Wildman–Crippen LogP) is 2.49. The Morgan fingerprint density at radius 2 is 1.94 bits per heavy atom. The van der Waals surface area contributed by atoms with Crippen LogP contribution in [-0.4, -0.2) is 17.1 Å². The quantitative estimate of drug-likeness (QED) is 0.814. The Hall–Kier alpha value is -0.620. The van der Waals surface area contributed by atoms with Gasteiger partial charge in [0.15, 0.2) is 0 Å². The van der Waals surface area contributed by atoms with Crippen LogP contribution >= 0.6 is 22.6 Å². The van der Waals surface area contributed by atoms with E-state index in [0.29, 0.717) is 6.54 Å². The van der Waals surface area contributed by atoms with Crippen LogP contribution in [0.25, 0.3) is 0 Å². The summed E-state index contributed by atoms with van der Waals surface area (Å²) in [6, 6.07) is 7.56. The summed E-state index contributed by atoms with van der Waals surface area (Å²) in [5, 5.41) is 12.1. The van der Waals surface area contributed by atoms with Gasteiger partial charge in [0.2, 0.25) is 0 Å². The fourth-order valence-corrected chi connectivity index (χ4v) is 1.80. The van der Waals surface area contributed by atoms with E-state index in [-0.39, 0.29) is 5.92 Å². The third-order valence-electron chi connectivity index (χ3n) is 2.37. The van der Waals surface area contributed by atoms with Crippen LogP contribution in [0.5, 0.6) is 0 Å². The number of aliphatic carboxylic acids is 1. The maximum atomic E-state index is 11.0. The number of hydrogen-bond donors (Lipinski definition) is 2. The molecule has 1 rings (SSSR count). The second kappa shape index (κ2) is 6.20. The van der Waals surface area contributed by atoms with E-state index in [4.69, 9.17) is 5.11 Å². The van der Waals surface area contributed by atoms with Crippen molar-refractivity contribution in [2.45, 2.75) is 26.4 Å². The van der Waals surface area contributed by atoms with Crippen LogP contribution in [0.2, 0.25) is 0 Å². The largest absolute Gasteiger partial charge is 0.480 e. The highest BCUT2D eigenvalue weighted by atomic mass is 127. The first-order valence-electron chi connectivity index (χ1n) is 5.21. The molecule has 1 aromatic carbocycles. The smallest absolute Gasteiger partial charge is 0.320 e. The van der Waals surface area contributed by atoms with E-state index in [1.165, 1.54) is 3.57 Å². The molecule has 88 valence electrons. The van der Waals surface area contributed by atoms with Gasteiger partial charge in [-0.1, -0.05) is 26.0 Å². The Kier molecular flexibility index (Phi) is 5.21. The zero-order valence-electron chi connectivity index (χ0n) is 9.40. The van der Waals surface area contributed by atoms with Crippen LogP contribution in [0.3, 0.4) is 0 Å². The van der Waals surface area contributed by atoms with E-state index in [9.17, 15) is 4.79 Å². The van der Waals surface area contributed by atoms with E-state index in [1.54, 1.807) is 0 Å². The molecule has 0 amide bonds. The maximum Gasteiger partial charge on any atom is 0.320 e. The van der Waals surface area contributed by atoms with Crippen LogP contribution < -0.4 is 5.32 Å². The lowest BCUT2D eigenvalue weighted by Crippen LogP contribution is -2.40. The van der Waals surface area contributed by atoms with Crippen molar-refractivity contribution in [1.82, 2.24) is 5.32 Å². The normalized spacial score (nSPS) is 12.8. The molecule has 0 saturated carbocycles. The monoisotopic (exact) mass is 333 g/mol. The minimum atomic E-state index is -0.791. The number of carbonyl (C=O) groups is 1. The van der Waals surface area contributed by atoms with Gasteiger partial charge in [0, 0.05) is 10.1 Å². The first-order chi connectivity index (χ1) is 7.50. The SMILES string of the molecule is CC(C)C(NCc1ccc(I)cc1)C(=O)O. The van der Waals surface area contributed by atoms with Gasteiger partial charge in [-0.2, -0.15) is 0 Å². The van der Waals surface area contributed by atoms with Crippen LogP contribution in [0.4, 0.5) is 0 Å². The maximum absolute atomic E-state index is 11.0. The van der Waals surface area contributed by atoms with E-state index in [1.807, 2.05) is 38.1 Å². The second-order valence-corrected chi connectivity index (χ2v) is 5.31. The van der Waals surface area contributed by atoms with Crippen molar-refractivity contribution in [3.63, 3.8) is 0 Å². The molecule has 0 radical (unpaired) electrons. The fraction of sp³-hybridized carbons (Fsp3) is 0.417. The van der Waals surface area contributed by atoms with Crippen LogP contribution in [0, 0.1) is 9.49 Å². The van der Waals surface area contributed by atoms with Crippen molar-refractivity contribution in [3.8, 4) is 0 Å². The lowest BCUT2D eigenvalue weighted by Gasteiger charge is -2.17. The topological polar surface area (TPSA) is 49.3 Å². The Balaban J connectivity index is 2.55. The van der Waals surface area contributed by atoms with E-state index in [0.717, 1.165) is 5.56 Å². The standard InChI is InChI=1S/C12H16INO2/c1-8(2)11(12(15)16)14-7-9-3-5-10(13)6-4-9/h3-6,8,11,14H,7H2,1-2H3,(H,15,16). The van der Waals surface area contributed by atoms with Gasteiger partial charge in [-0.3, -0.25) is 4.79 Å². The number of hydrogen-bond acceptors (Lipinski definition) is 2. The molecule has 3 nitrogen and oxygen atoms in total. The van der Waals surface area contributed by atoms with Crippen molar-refractivity contribution >= 4 is 28.6 Å². The van der Waals surface area contributed by atoms with Gasteiger partial charge >= 0.3 is 5.97 Å². The molecule has 0 spiro atoms. The molecule has 16 heavy (non-hydrogen) atoms. The summed E-state index contributed by atoms with van der Waals surface area (Å²) in [4.78, 5) is 11.0. The second-order valence-electron chi connectivity index (χ2n) is 4.07. The molecule has 1 unspecified atom stereocenters. The van der Waals surface area contributed by atoms with Crippen molar-refractivity contribution in [2.24, 2.45) is 5.92 Å². The molecule has 2 N–H and O–H groups in total. The molecule has 0 heterocycles. The Morgan fingerprint density at radius 3 is 2.38 bits per heavy atom. The van der Waals surface area contributed by atoms with Crippen molar-refractivity contribution in [2.75, 3.05) is 0 Å². The molecule has 0 aliphatic rings. The highest BCUT2D eigenvalue weighted by Crippen LogP contribution is 2.08. The number of carboxylic acids is 1. The minimum Gasteiger partial charge on any atom is -0.480 e. The average Bonchev–Trinajstić information content (AvgIpc) is 2.20. The van der Waals surface area contributed by atoms with Crippen molar-refractivity contribution in [3.05, 3.63) is 33.4 Å². The molecule has 0 bridgehead atoms. The first kappa shape index (κ1) is 13.4. The van der Waals surface area contributed by atoms with Crippen molar-refractivity contribution < 1.29 is 9.90 Å². The molecule has 4 heteroatoms.